The van der Waals surface area contributed by atoms with Gasteiger partial charge in [0.25, 0.3) is 0 Å². The SMILES string of the molecule is CCc1cc(Cl)c(N=Nc2ccc(N(C)Cc3ccccc3)cc2)c(Cl)c1. The number of aryl methyl sites for hydroxylation is 1. The van der Waals surface area contributed by atoms with E-state index in [0.29, 0.717) is 15.7 Å². The zero-order chi connectivity index (χ0) is 19.2. The van der Waals surface area contributed by atoms with Crippen LogP contribution in [-0.2, 0) is 13.0 Å². The van der Waals surface area contributed by atoms with Crippen molar-refractivity contribution in [3.05, 3.63) is 87.9 Å². The summed E-state index contributed by atoms with van der Waals surface area (Å²) in [7, 11) is 2.07. The molecule has 0 saturated heterocycles. The van der Waals surface area contributed by atoms with Crippen LogP contribution in [0.5, 0.6) is 0 Å². The van der Waals surface area contributed by atoms with Gasteiger partial charge in [0.1, 0.15) is 5.69 Å². The Hall–Kier alpha value is -2.36. The first-order valence-corrected chi connectivity index (χ1v) is 9.57. The average Bonchev–Trinajstić information content (AvgIpc) is 2.68. The normalized spacial score (nSPS) is 11.1. The second-order valence-corrected chi connectivity index (χ2v) is 7.13. The molecule has 0 atom stereocenters. The first kappa shape index (κ1) is 19.4. The Balaban J connectivity index is 1.71. The largest absolute Gasteiger partial charge is 0.370 e. The third kappa shape index (κ3) is 5.09. The molecule has 0 amide bonds. The van der Waals surface area contributed by atoms with Gasteiger partial charge >= 0.3 is 0 Å². The quantitative estimate of drug-likeness (QED) is 0.393. The van der Waals surface area contributed by atoms with E-state index in [1.54, 1.807) is 0 Å². The van der Waals surface area contributed by atoms with Crippen molar-refractivity contribution in [3.63, 3.8) is 0 Å². The lowest BCUT2D eigenvalue weighted by Gasteiger charge is -2.19. The molecule has 3 nitrogen and oxygen atoms in total. The van der Waals surface area contributed by atoms with Crippen LogP contribution in [0, 0.1) is 0 Å². The Labute approximate surface area is 170 Å². The van der Waals surface area contributed by atoms with E-state index in [0.717, 1.165) is 29.9 Å². The molecule has 0 heterocycles. The van der Waals surface area contributed by atoms with Crippen LogP contribution in [0.2, 0.25) is 10.0 Å². The number of benzene rings is 3. The van der Waals surface area contributed by atoms with Crippen molar-refractivity contribution in [3.8, 4) is 0 Å². The molecule has 0 saturated carbocycles. The molecule has 138 valence electrons. The standard InChI is InChI=1S/C22H21Cl2N3/c1-3-16-13-20(23)22(21(24)14-16)26-25-18-9-11-19(12-10-18)27(2)15-17-7-5-4-6-8-17/h4-14H,3,15H2,1-2H3. The fourth-order valence-corrected chi connectivity index (χ4v) is 3.36. The van der Waals surface area contributed by atoms with Gasteiger partial charge in [0.2, 0.25) is 0 Å². The highest BCUT2D eigenvalue weighted by Crippen LogP contribution is 2.35. The van der Waals surface area contributed by atoms with Gasteiger partial charge in [-0.15, -0.1) is 5.11 Å². The van der Waals surface area contributed by atoms with E-state index in [4.69, 9.17) is 23.2 Å². The molecule has 0 bridgehead atoms. The number of nitrogens with zero attached hydrogens (tertiary/aromatic N) is 3. The molecule has 0 aliphatic rings. The summed E-state index contributed by atoms with van der Waals surface area (Å²) in [5.74, 6) is 0. The van der Waals surface area contributed by atoms with Crippen LogP contribution in [0.1, 0.15) is 18.1 Å². The summed E-state index contributed by atoms with van der Waals surface area (Å²) < 4.78 is 0. The molecule has 27 heavy (non-hydrogen) atoms. The van der Waals surface area contributed by atoms with E-state index in [1.165, 1.54) is 5.56 Å². The van der Waals surface area contributed by atoms with Crippen molar-refractivity contribution < 1.29 is 0 Å². The second kappa shape index (κ2) is 9.03. The Bertz CT molecular complexity index is 899. The highest BCUT2D eigenvalue weighted by molar-refractivity contribution is 6.38. The maximum absolute atomic E-state index is 6.28. The molecule has 0 aliphatic heterocycles. The summed E-state index contributed by atoms with van der Waals surface area (Å²) in [6, 6.07) is 22.1. The molecule has 0 spiro atoms. The van der Waals surface area contributed by atoms with Gasteiger partial charge in [0, 0.05) is 19.3 Å². The monoisotopic (exact) mass is 397 g/mol. The highest BCUT2D eigenvalue weighted by Gasteiger charge is 2.07. The third-order valence-electron chi connectivity index (χ3n) is 4.30. The van der Waals surface area contributed by atoms with E-state index in [9.17, 15) is 0 Å². The zero-order valence-electron chi connectivity index (χ0n) is 15.4. The molecule has 3 aromatic rings. The number of anilines is 1. The number of rotatable bonds is 6. The van der Waals surface area contributed by atoms with Crippen molar-refractivity contribution in [2.75, 3.05) is 11.9 Å². The van der Waals surface area contributed by atoms with E-state index in [-0.39, 0.29) is 0 Å². The average molecular weight is 398 g/mol. The summed E-state index contributed by atoms with van der Waals surface area (Å²) in [5, 5.41) is 9.55. The topological polar surface area (TPSA) is 28.0 Å². The smallest absolute Gasteiger partial charge is 0.123 e. The number of hydrogen-bond donors (Lipinski definition) is 0. The highest BCUT2D eigenvalue weighted by atomic mass is 35.5. The molecular weight excluding hydrogens is 377 g/mol. The third-order valence-corrected chi connectivity index (χ3v) is 4.88. The van der Waals surface area contributed by atoms with Crippen molar-refractivity contribution >= 4 is 40.3 Å². The van der Waals surface area contributed by atoms with Gasteiger partial charge in [-0.1, -0.05) is 60.5 Å². The Morgan fingerprint density at radius 3 is 2.04 bits per heavy atom. The molecule has 3 aromatic carbocycles. The predicted molar refractivity (Wildman–Crippen MR) is 115 cm³/mol. The predicted octanol–water partition coefficient (Wildman–Crippen LogP) is 7.61. The van der Waals surface area contributed by atoms with Gasteiger partial charge in [-0.25, -0.2) is 0 Å². The van der Waals surface area contributed by atoms with Gasteiger partial charge in [0.05, 0.1) is 15.7 Å². The van der Waals surface area contributed by atoms with E-state index >= 15 is 0 Å². The number of hydrogen-bond acceptors (Lipinski definition) is 3. The fraction of sp³-hybridized carbons (Fsp3) is 0.182. The van der Waals surface area contributed by atoms with Crippen molar-refractivity contribution in [2.45, 2.75) is 19.9 Å². The first-order valence-electron chi connectivity index (χ1n) is 8.81. The van der Waals surface area contributed by atoms with Gasteiger partial charge in [-0.05, 0) is 53.9 Å². The maximum Gasteiger partial charge on any atom is 0.123 e. The Kier molecular flexibility index (Phi) is 6.49. The number of azo groups is 1. The minimum absolute atomic E-state index is 0.501. The minimum Gasteiger partial charge on any atom is -0.370 e. The molecule has 3 rings (SSSR count). The van der Waals surface area contributed by atoms with Crippen LogP contribution in [0.3, 0.4) is 0 Å². The Morgan fingerprint density at radius 2 is 1.44 bits per heavy atom. The van der Waals surface area contributed by atoms with Crippen LogP contribution < -0.4 is 4.90 Å². The van der Waals surface area contributed by atoms with Crippen LogP contribution in [0.25, 0.3) is 0 Å². The summed E-state index contributed by atoms with van der Waals surface area (Å²) in [6.45, 7) is 2.90. The van der Waals surface area contributed by atoms with Gasteiger partial charge < -0.3 is 4.90 Å². The summed E-state index contributed by atoms with van der Waals surface area (Å²) in [4.78, 5) is 2.19. The maximum atomic E-state index is 6.28. The summed E-state index contributed by atoms with van der Waals surface area (Å²) in [5.41, 5.74) is 4.71. The molecule has 0 radical (unpaired) electrons. The van der Waals surface area contributed by atoms with Crippen molar-refractivity contribution in [2.24, 2.45) is 10.2 Å². The molecule has 0 N–H and O–H groups in total. The summed E-state index contributed by atoms with van der Waals surface area (Å²) in [6.07, 6.45) is 0.870. The molecular formula is C22H21Cl2N3. The lowest BCUT2D eigenvalue weighted by Crippen LogP contribution is -2.15. The first-order chi connectivity index (χ1) is 13.1. The van der Waals surface area contributed by atoms with Gasteiger partial charge in [-0.2, -0.15) is 5.11 Å². The van der Waals surface area contributed by atoms with Gasteiger partial charge in [0.15, 0.2) is 0 Å². The lowest BCUT2D eigenvalue weighted by atomic mass is 10.1. The van der Waals surface area contributed by atoms with Crippen LogP contribution in [0.4, 0.5) is 17.1 Å². The molecule has 0 aliphatic carbocycles. The van der Waals surface area contributed by atoms with Gasteiger partial charge in [-0.3, -0.25) is 0 Å². The second-order valence-electron chi connectivity index (χ2n) is 6.32. The Morgan fingerprint density at radius 1 is 0.815 bits per heavy atom. The molecule has 5 heteroatoms. The minimum atomic E-state index is 0.501. The van der Waals surface area contributed by atoms with E-state index < -0.39 is 0 Å². The van der Waals surface area contributed by atoms with Crippen LogP contribution >= 0.6 is 23.2 Å². The fourth-order valence-electron chi connectivity index (χ4n) is 2.75. The summed E-state index contributed by atoms with van der Waals surface area (Å²) >= 11 is 12.6. The molecule has 0 fully saturated rings. The molecule has 0 unspecified atom stereocenters. The zero-order valence-corrected chi connectivity index (χ0v) is 16.9. The molecule has 0 aromatic heterocycles. The number of halogens is 2. The van der Waals surface area contributed by atoms with Crippen LogP contribution in [0.15, 0.2) is 77.0 Å². The lowest BCUT2D eigenvalue weighted by molar-refractivity contribution is 0.923. The van der Waals surface area contributed by atoms with Crippen LogP contribution in [-0.4, -0.2) is 7.05 Å². The van der Waals surface area contributed by atoms with E-state index in [2.05, 4.69) is 53.4 Å². The van der Waals surface area contributed by atoms with Crippen molar-refractivity contribution in [1.29, 1.82) is 0 Å². The van der Waals surface area contributed by atoms with E-state index in [1.807, 2.05) is 42.5 Å². The van der Waals surface area contributed by atoms with Crippen molar-refractivity contribution in [1.82, 2.24) is 0 Å².